The highest BCUT2D eigenvalue weighted by Crippen LogP contribution is 1.97. The minimum atomic E-state index is 0.0300. The predicted molar refractivity (Wildman–Crippen MR) is 62.3 cm³/mol. The standard InChI is InChI=1S/C10H22N4O2/c1-13(7-9(11)8-16-2)5-6-14-4-3-12-10(14)15/h9H,3-8,11H2,1-2H3,(H,12,15). The number of ether oxygens (including phenoxy) is 1. The Labute approximate surface area is 96.7 Å². The quantitative estimate of drug-likeness (QED) is 0.583. The lowest BCUT2D eigenvalue weighted by Gasteiger charge is -2.23. The fraction of sp³-hybridized carbons (Fsp3) is 0.900. The summed E-state index contributed by atoms with van der Waals surface area (Å²) in [6.45, 7) is 4.49. The predicted octanol–water partition coefficient (Wildman–Crippen LogP) is -1.08. The Morgan fingerprint density at radius 3 is 3.00 bits per heavy atom. The van der Waals surface area contributed by atoms with Crippen molar-refractivity contribution in [3.63, 3.8) is 0 Å². The maximum Gasteiger partial charge on any atom is 0.317 e. The summed E-state index contributed by atoms with van der Waals surface area (Å²) in [6.07, 6.45) is 0. The highest BCUT2D eigenvalue weighted by atomic mass is 16.5. The molecule has 1 heterocycles. The largest absolute Gasteiger partial charge is 0.383 e. The Morgan fingerprint density at radius 2 is 2.44 bits per heavy atom. The lowest BCUT2D eigenvalue weighted by Crippen LogP contribution is -2.42. The number of carbonyl (C=O) groups is 1. The molecule has 94 valence electrons. The van der Waals surface area contributed by atoms with Crippen LogP contribution in [0.2, 0.25) is 0 Å². The Morgan fingerprint density at radius 1 is 1.69 bits per heavy atom. The zero-order chi connectivity index (χ0) is 12.0. The molecule has 0 aliphatic carbocycles. The van der Waals surface area contributed by atoms with E-state index in [9.17, 15) is 4.79 Å². The fourth-order valence-electron chi connectivity index (χ4n) is 1.77. The van der Waals surface area contributed by atoms with Crippen LogP contribution in [0.1, 0.15) is 0 Å². The van der Waals surface area contributed by atoms with Gasteiger partial charge in [0.05, 0.1) is 6.61 Å². The zero-order valence-corrected chi connectivity index (χ0v) is 10.1. The number of hydrogen-bond acceptors (Lipinski definition) is 4. The Balaban J connectivity index is 2.14. The van der Waals surface area contributed by atoms with Crippen LogP contribution in [0.25, 0.3) is 0 Å². The van der Waals surface area contributed by atoms with E-state index in [-0.39, 0.29) is 12.1 Å². The summed E-state index contributed by atoms with van der Waals surface area (Å²) in [5.74, 6) is 0. The first kappa shape index (κ1) is 13.2. The van der Waals surface area contributed by atoms with E-state index in [1.165, 1.54) is 0 Å². The van der Waals surface area contributed by atoms with Crippen molar-refractivity contribution >= 4 is 6.03 Å². The summed E-state index contributed by atoms with van der Waals surface area (Å²) in [5, 5.41) is 2.78. The number of urea groups is 1. The van der Waals surface area contributed by atoms with Crippen LogP contribution < -0.4 is 11.1 Å². The molecule has 1 aliphatic rings. The third-order valence-electron chi connectivity index (χ3n) is 2.62. The van der Waals surface area contributed by atoms with Crippen LogP contribution in [0.5, 0.6) is 0 Å². The highest BCUT2D eigenvalue weighted by Gasteiger charge is 2.19. The molecule has 6 nitrogen and oxygen atoms in total. The molecule has 0 radical (unpaired) electrons. The van der Waals surface area contributed by atoms with Crippen molar-refractivity contribution in [2.75, 3.05) is 53.5 Å². The summed E-state index contributed by atoms with van der Waals surface area (Å²) < 4.78 is 4.97. The smallest absolute Gasteiger partial charge is 0.317 e. The zero-order valence-electron chi connectivity index (χ0n) is 10.1. The molecule has 0 bridgehead atoms. The van der Waals surface area contributed by atoms with E-state index in [2.05, 4.69) is 10.2 Å². The van der Waals surface area contributed by atoms with Crippen molar-refractivity contribution < 1.29 is 9.53 Å². The van der Waals surface area contributed by atoms with Crippen molar-refractivity contribution in [2.45, 2.75) is 6.04 Å². The van der Waals surface area contributed by atoms with E-state index in [4.69, 9.17) is 10.5 Å². The van der Waals surface area contributed by atoms with E-state index in [1.807, 2.05) is 11.9 Å². The van der Waals surface area contributed by atoms with Crippen LogP contribution in [0.15, 0.2) is 0 Å². The Bertz CT molecular complexity index is 225. The van der Waals surface area contributed by atoms with Crippen LogP contribution >= 0.6 is 0 Å². The summed E-state index contributed by atoms with van der Waals surface area (Å²) in [7, 11) is 3.65. The first-order chi connectivity index (χ1) is 7.63. The van der Waals surface area contributed by atoms with Gasteiger partial charge in [0.15, 0.2) is 0 Å². The van der Waals surface area contributed by atoms with Gasteiger partial charge in [-0.3, -0.25) is 0 Å². The number of rotatable bonds is 7. The summed E-state index contributed by atoms with van der Waals surface area (Å²) >= 11 is 0. The summed E-state index contributed by atoms with van der Waals surface area (Å²) in [5.41, 5.74) is 5.84. The second-order valence-corrected chi connectivity index (χ2v) is 4.20. The number of methoxy groups -OCH3 is 1. The average molecular weight is 230 g/mol. The average Bonchev–Trinajstić information content (AvgIpc) is 2.61. The van der Waals surface area contributed by atoms with Crippen molar-refractivity contribution in [1.82, 2.24) is 15.1 Å². The minimum absolute atomic E-state index is 0.0300. The van der Waals surface area contributed by atoms with Gasteiger partial charge in [-0.15, -0.1) is 0 Å². The number of nitrogens with one attached hydrogen (secondary N) is 1. The van der Waals surface area contributed by atoms with Gasteiger partial charge in [-0.25, -0.2) is 4.79 Å². The third kappa shape index (κ3) is 4.34. The molecule has 0 spiro atoms. The fourth-order valence-corrected chi connectivity index (χ4v) is 1.77. The lowest BCUT2D eigenvalue weighted by atomic mass is 10.3. The highest BCUT2D eigenvalue weighted by molar-refractivity contribution is 5.76. The maximum atomic E-state index is 11.3. The lowest BCUT2D eigenvalue weighted by molar-refractivity contribution is 0.157. The maximum absolute atomic E-state index is 11.3. The number of likely N-dealkylation sites (N-methyl/N-ethyl adjacent to an activating group) is 1. The molecule has 1 aliphatic heterocycles. The van der Waals surface area contributed by atoms with Gasteiger partial charge in [-0.05, 0) is 7.05 Å². The number of nitrogens with zero attached hydrogens (tertiary/aromatic N) is 2. The summed E-state index contributed by atoms with van der Waals surface area (Å²) in [4.78, 5) is 15.2. The molecule has 3 N–H and O–H groups in total. The van der Waals surface area contributed by atoms with Gasteiger partial charge >= 0.3 is 6.03 Å². The molecular weight excluding hydrogens is 208 g/mol. The van der Waals surface area contributed by atoms with Crippen molar-refractivity contribution in [3.8, 4) is 0 Å². The van der Waals surface area contributed by atoms with Gasteiger partial charge in [0, 0.05) is 45.9 Å². The monoisotopic (exact) mass is 230 g/mol. The molecule has 0 aromatic carbocycles. The van der Waals surface area contributed by atoms with Gasteiger partial charge in [-0.1, -0.05) is 0 Å². The number of carbonyl (C=O) groups excluding carboxylic acids is 1. The molecule has 0 aromatic heterocycles. The molecule has 1 unspecified atom stereocenters. The van der Waals surface area contributed by atoms with Crippen LogP contribution in [0.3, 0.4) is 0 Å². The van der Waals surface area contributed by atoms with Gasteiger partial charge < -0.3 is 25.6 Å². The second-order valence-electron chi connectivity index (χ2n) is 4.20. The first-order valence-electron chi connectivity index (χ1n) is 5.59. The Kier molecular flexibility index (Phi) is 5.51. The SMILES string of the molecule is COCC(N)CN(C)CCN1CCNC1=O. The van der Waals surface area contributed by atoms with E-state index in [0.717, 1.165) is 32.7 Å². The Hall–Kier alpha value is -0.850. The molecule has 0 aromatic rings. The number of hydrogen-bond donors (Lipinski definition) is 2. The van der Waals surface area contributed by atoms with Crippen LogP contribution in [0.4, 0.5) is 4.79 Å². The van der Waals surface area contributed by atoms with Crippen LogP contribution in [-0.4, -0.2) is 75.4 Å². The topological polar surface area (TPSA) is 70.8 Å². The molecule has 0 saturated carbocycles. The molecule has 16 heavy (non-hydrogen) atoms. The summed E-state index contributed by atoms with van der Waals surface area (Å²) in [6, 6.07) is 0.0667. The molecular formula is C10H22N4O2. The van der Waals surface area contributed by atoms with Gasteiger partial charge in [0.1, 0.15) is 0 Å². The number of nitrogens with two attached hydrogens (primary N) is 1. The molecule has 1 saturated heterocycles. The molecule has 1 fully saturated rings. The van der Waals surface area contributed by atoms with Crippen LogP contribution in [0, 0.1) is 0 Å². The number of amides is 2. The normalized spacial score (nSPS) is 18.0. The van der Waals surface area contributed by atoms with Crippen molar-refractivity contribution in [3.05, 3.63) is 0 Å². The minimum Gasteiger partial charge on any atom is -0.383 e. The van der Waals surface area contributed by atoms with Crippen LogP contribution in [-0.2, 0) is 4.74 Å². The molecule has 2 amide bonds. The van der Waals surface area contributed by atoms with E-state index in [0.29, 0.717) is 6.61 Å². The molecule has 6 heteroatoms. The molecule has 1 rings (SSSR count). The van der Waals surface area contributed by atoms with Gasteiger partial charge in [0.25, 0.3) is 0 Å². The molecule has 1 atom stereocenters. The van der Waals surface area contributed by atoms with Gasteiger partial charge in [0.2, 0.25) is 0 Å². The van der Waals surface area contributed by atoms with E-state index >= 15 is 0 Å². The van der Waals surface area contributed by atoms with Crippen molar-refractivity contribution in [2.24, 2.45) is 5.73 Å². The van der Waals surface area contributed by atoms with Gasteiger partial charge in [-0.2, -0.15) is 0 Å². The first-order valence-corrected chi connectivity index (χ1v) is 5.59. The van der Waals surface area contributed by atoms with E-state index in [1.54, 1.807) is 7.11 Å². The van der Waals surface area contributed by atoms with E-state index < -0.39 is 0 Å². The third-order valence-corrected chi connectivity index (χ3v) is 2.62. The van der Waals surface area contributed by atoms with Crippen molar-refractivity contribution in [1.29, 1.82) is 0 Å². The second kappa shape index (κ2) is 6.67.